The van der Waals surface area contributed by atoms with Gasteiger partial charge < -0.3 is 10.1 Å². The van der Waals surface area contributed by atoms with Crippen LogP contribution in [0.3, 0.4) is 0 Å². The van der Waals surface area contributed by atoms with E-state index >= 15 is 0 Å². The number of ether oxygens (including phenoxy) is 1. The molecule has 1 aromatic carbocycles. The summed E-state index contributed by atoms with van der Waals surface area (Å²) in [6.45, 7) is 4.68. The quantitative estimate of drug-likeness (QED) is 0.926. The largest absolute Gasteiger partial charge is 0.487 e. The molecule has 124 valence electrons. The molecule has 1 saturated heterocycles. The van der Waals surface area contributed by atoms with E-state index in [2.05, 4.69) is 17.2 Å². The first-order chi connectivity index (χ1) is 11.7. The summed E-state index contributed by atoms with van der Waals surface area (Å²) in [4.78, 5) is 14.3. The second-order valence-corrected chi connectivity index (χ2v) is 6.61. The molecule has 4 rings (SSSR count). The van der Waals surface area contributed by atoms with Gasteiger partial charge in [0.2, 0.25) is 0 Å². The van der Waals surface area contributed by atoms with Gasteiger partial charge in [-0.3, -0.25) is 9.98 Å². The number of benzene rings is 1. The lowest BCUT2D eigenvalue weighted by atomic mass is 9.85. The normalized spacial score (nSPS) is 26.5. The van der Waals surface area contributed by atoms with Gasteiger partial charge in [0.15, 0.2) is 5.66 Å². The van der Waals surface area contributed by atoms with E-state index in [4.69, 9.17) is 14.7 Å². The van der Waals surface area contributed by atoms with E-state index in [9.17, 15) is 0 Å². The number of piperidine rings is 1. The van der Waals surface area contributed by atoms with Crippen LogP contribution >= 0.6 is 0 Å². The molecule has 1 aromatic rings. The Kier molecular flexibility index (Phi) is 4.02. The number of hydrogen-bond donors (Lipinski definition) is 1. The first-order valence-electron chi connectivity index (χ1n) is 8.56. The summed E-state index contributed by atoms with van der Waals surface area (Å²) >= 11 is 0. The maximum absolute atomic E-state index is 5.78. The van der Waals surface area contributed by atoms with E-state index in [0.717, 1.165) is 48.8 Å². The molecule has 3 aliphatic heterocycles. The fourth-order valence-corrected chi connectivity index (χ4v) is 3.44. The Morgan fingerprint density at radius 2 is 1.96 bits per heavy atom. The predicted molar refractivity (Wildman–Crippen MR) is 97.4 cm³/mol. The van der Waals surface area contributed by atoms with Crippen molar-refractivity contribution in [1.82, 2.24) is 5.32 Å². The van der Waals surface area contributed by atoms with Crippen molar-refractivity contribution in [2.75, 3.05) is 19.7 Å². The third-order valence-electron chi connectivity index (χ3n) is 4.87. The third-order valence-corrected chi connectivity index (χ3v) is 4.87. The minimum absolute atomic E-state index is 0.358. The maximum Gasteiger partial charge on any atom is 0.151 e. The zero-order valence-corrected chi connectivity index (χ0v) is 13.9. The van der Waals surface area contributed by atoms with Crippen molar-refractivity contribution in [3.8, 4) is 5.75 Å². The zero-order valence-electron chi connectivity index (χ0n) is 13.9. The molecule has 5 nitrogen and oxygen atoms in total. The monoisotopic (exact) mass is 322 g/mol. The molecule has 1 fully saturated rings. The number of hydrogen-bond acceptors (Lipinski definition) is 5. The number of aliphatic imine (C=N–C) groups is 3. The summed E-state index contributed by atoms with van der Waals surface area (Å²) in [5, 5.41) is 3.40. The van der Waals surface area contributed by atoms with Crippen molar-refractivity contribution in [2.45, 2.75) is 25.4 Å². The second kappa shape index (κ2) is 6.32. The second-order valence-electron chi connectivity index (χ2n) is 6.61. The van der Waals surface area contributed by atoms with Crippen LogP contribution < -0.4 is 10.1 Å². The minimum Gasteiger partial charge on any atom is -0.487 e. The molecule has 24 heavy (non-hydrogen) atoms. The number of para-hydroxylation sites is 1. The number of allylic oxidation sites excluding steroid dienone is 1. The molecular weight excluding hydrogens is 300 g/mol. The number of rotatable bonds is 4. The summed E-state index contributed by atoms with van der Waals surface area (Å²) in [6.07, 6.45) is 6.15. The first kappa shape index (κ1) is 15.3. The Morgan fingerprint density at radius 3 is 2.75 bits per heavy atom. The van der Waals surface area contributed by atoms with Crippen LogP contribution in [0.25, 0.3) is 0 Å². The molecule has 1 unspecified atom stereocenters. The lowest BCUT2D eigenvalue weighted by Gasteiger charge is -2.35. The van der Waals surface area contributed by atoms with E-state index in [0.29, 0.717) is 12.5 Å². The van der Waals surface area contributed by atoms with Crippen molar-refractivity contribution >= 4 is 17.6 Å². The van der Waals surface area contributed by atoms with Crippen molar-refractivity contribution in [3.63, 3.8) is 0 Å². The van der Waals surface area contributed by atoms with Gasteiger partial charge in [0.1, 0.15) is 18.1 Å². The zero-order chi connectivity index (χ0) is 16.4. The van der Waals surface area contributed by atoms with Gasteiger partial charge in [0.25, 0.3) is 0 Å². The highest BCUT2D eigenvalue weighted by molar-refractivity contribution is 6.67. The van der Waals surface area contributed by atoms with Crippen LogP contribution in [-0.2, 0) is 0 Å². The van der Waals surface area contributed by atoms with Crippen LogP contribution in [0.1, 0.15) is 19.8 Å². The molecule has 1 N–H and O–H groups in total. The molecule has 0 radical (unpaired) electrons. The molecule has 0 spiro atoms. The topological polar surface area (TPSA) is 58.3 Å². The fraction of sp³-hybridized carbons (Fsp3) is 0.421. The smallest absolute Gasteiger partial charge is 0.151 e. The van der Waals surface area contributed by atoms with E-state index < -0.39 is 0 Å². The summed E-state index contributed by atoms with van der Waals surface area (Å²) in [5.74, 6) is 1.34. The van der Waals surface area contributed by atoms with Crippen LogP contribution in [0.4, 0.5) is 0 Å². The molecule has 0 aliphatic carbocycles. The van der Waals surface area contributed by atoms with E-state index in [1.807, 2.05) is 42.6 Å². The summed E-state index contributed by atoms with van der Waals surface area (Å²) < 4.78 is 5.78. The van der Waals surface area contributed by atoms with Crippen LogP contribution in [0.5, 0.6) is 5.75 Å². The van der Waals surface area contributed by atoms with Crippen LogP contribution in [0.15, 0.2) is 57.1 Å². The summed E-state index contributed by atoms with van der Waals surface area (Å²) in [7, 11) is 0. The van der Waals surface area contributed by atoms with E-state index in [1.165, 1.54) is 0 Å². The Balaban J connectivity index is 1.48. The highest BCUT2D eigenvalue weighted by Crippen LogP contribution is 2.33. The fourth-order valence-electron chi connectivity index (χ4n) is 3.44. The van der Waals surface area contributed by atoms with Gasteiger partial charge in [0.05, 0.1) is 17.6 Å². The molecule has 0 amide bonds. The lowest BCUT2D eigenvalue weighted by Crippen LogP contribution is -2.42. The van der Waals surface area contributed by atoms with E-state index in [1.54, 1.807) is 0 Å². The molecular formula is C19H22N4O. The van der Waals surface area contributed by atoms with Gasteiger partial charge in [-0.05, 0) is 51.1 Å². The van der Waals surface area contributed by atoms with Gasteiger partial charge in [-0.25, -0.2) is 4.99 Å². The first-order valence-corrected chi connectivity index (χ1v) is 8.56. The molecule has 0 aromatic heterocycles. The Bertz CT molecular complexity index is 729. The number of fused-ring (bicyclic) bond motifs is 1. The van der Waals surface area contributed by atoms with Gasteiger partial charge in [-0.2, -0.15) is 0 Å². The molecule has 3 aliphatic rings. The summed E-state index contributed by atoms with van der Waals surface area (Å²) in [6, 6.07) is 9.80. The highest BCUT2D eigenvalue weighted by Gasteiger charge is 2.37. The molecule has 1 atom stereocenters. The highest BCUT2D eigenvalue weighted by atomic mass is 16.5. The van der Waals surface area contributed by atoms with Crippen molar-refractivity contribution < 1.29 is 4.74 Å². The molecule has 0 bridgehead atoms. The maximum atomic E-state index is 5.78. The van der Waals surface area contributed by atoms with Crippen molar-refractivity contribution in [1.29, 1.82) is 0 Å². The van der Waals surface area contributed by atoms with Gasteiger partial charge in [0, 0.05) is 5.92 Å². The van der Waals surface area contributed by atoms with E-state index in [-0.39, 0.29) is 5.66 Å². The Morgan fingerprint density at radius 1 is 1.17 bits per heavy atom. The average molecular weight is 322 g/mol. The van der Waals surface area contributed by atoms with Gasteiger partial charge in [-0.1, -0.05) is 18.2 Å². The van der Waals surface area contributed by atoms with Crippen LogP contribution in [-0.4, -0.2) is 43.0 Å². The van der Waals surface area contributed by atoms with Gasteiger partial charge in [-0.15, -0.1) is 0 Å². The van der Waals surface area contributed by atoms with Crippen LogP contribution in [0.2, 0.25) is 0 Å². The predicted octanol–water partition coefficient (Wildman–Crippen LogP) is 2.65. The molecule has 0 saturated carbocycles. The van der Waals surface area contributed by atoms with Crippen LogP contribution in [0, 0.1) is 5.92 Å². The summed E-state index contributed by atoms with van der Waals surface area (Å²) in [5.41, 5.74) is 2.34. The lowest BCUT2D eigenvalue weighted by molar-refractivity contribution is 0.244. The average Bonchev–Trinajstić information content (AvgIpc) is 3.03. The van der Waals surface area contributed by atoms with Crippen molar-refractivity contribution in [3.05, 3.63) is 42.1 Å². The number of nitrogens with zero attached hydrogens (tertiary/aromatic N) is 3. The molecule has 5 heteroatoms. The SMILES string of the molecule is CC1(C2CCNCC2)N=CC2=NC(COc3ccccc3)=CC2=N1. The third kappa shape index (κ3) is 3.04. The number of nitrogens with one attached hydrogen (secondary N) is 1. The minimum atomic E-state index is -0.358. The molecule has 3 heterocycles. The Labute approximate surface area is 142 Å². The standard InChI is InChI=1S/C19H22N4O/c1-19(14-7-9-20-10-8-14)21-12-18-17(23-19)11-15(22-18)13-24-16-5-3-2-4-6-16/h2-6,11-12,14,20H,7-10,13H2,1H3. The van der Waals surface area contributed by atoms with Gasteiger partial charge >= 0.3 is 0 Å². The Hall–Kier alpha value is -2.27. The van der Waals surface area contributed by atoms with Crippen molar-refractivity contribution in [2.24, 2.45) is 20.9 Å².